The number of carbonyl (C=O) groups is 3. The van der Waals surface area contributed by atoms with Crippen molar-refractivity contribution in [3.05, 3.63) is 42.0 Å². The van der Waals surface area contributed by atoms with Crippen LogP contribution in [0.25, 0.3) is 0 Å². The van der Waals surface area contributed by atoms with E-state index in [1.165, 1.54) is 18.1 Å². The lowest BCUT2D eigenvalue weighted by molar-refractivity contribution is -0.135. The molecule has 0 unspecified atom stereocenters. The summed E-state index contributed by atoms with van der Waals surface area (Å²) in [5.41, 5.74) is 0.185. The van der Waals surface area contributed by atoms with Gasteiger partial charge in [0.15, 0.2) is 5.78 Å². The van der Waals surface area contributed by atoms with Crippen LogP contribution in [0.2, 0.25) is 0 Å². The average Bonchev–Trinajstić information content (AvgIpc) is 3.11. The van der Waals surface area contributed by atoms with Crippen molar-refractivity contribution in [2.24, 2.45) is 11.8 Å². The van der Waals surface area contributed by atoms with Gasteiger partial charge >= 0.3 is 12.1 Å². The Bertz CT molecular complexity index is 821. The molecule has 1 aromatic carbocycles. The minimum atomic E-state index is -0.741. The zero-order valence-corrected chi connectivity index (χ0v) is 19.4. The quantitative estimate of drug-likeness (QED) is 0.493. The largest absolute Gasteiger partial charge is 0.497 e. The topological polar surface area (TPSA) is 82.1 Å². The molecule has 170 valence electrons. The van der Waals surface area contributed by atoms with Gasteiger partial charge in [-0.3, -0.25) is 9.69 Å². The number of carbonyl (C=O) groups excluding carboxylic acids is 3. The summed E-state index contributed by atoms with van der Waals surface area (Å²) in [7, 11) is 2.84. The fourth-order valence-corrected chi connectivity index (χ4v) is 3.88. The highest BCUT2D eigenvalue weighted by Gasteiger charge is 2.49. The predicted molar refractivity (Wildman–Crippen MR) is 117 cm³/mol. The lowest BCUT2D eigenvalue weighted by Crippen LogP contribution is -2.44. The van der Waals surface area contributed by atoms with E-state index < -0.39 is 23.7 Å². The number of ketones is 1. The molecule has 1 aromatic rings. The second-order valence-electron chi connectivity index (χ2n) is 9.02. The highest BCUT2D eigenvalue weighted by Crippen LogP contribution is 2.46. The van der Waals surface area contributed by atoms with Crippen molar-refractivity contribution in [3.63, 3.8) is 0 Å². The number of amides is 1. The molecule has 7 heteroatoms. The van der Waals surface area contributed by atoms with Gasteiger partial charge in [-0.25, -0.2) is 9.59 Å². The molecule has 1 heterocycles. The molecule has 2 rings (SSSR count). The van der Waals surface area contributed by atoms with Crippen LogP contribution < -0.4 is 4.74 Å². The molecular weight excluding hydrogens is 398 g/mol. The van der Waals surface area contributed by atoms with E-state index in [9.17, 15) is 14.4 Å². The summed E-state index contributed by atoms with van der Waals surface area (Å²) in [6.45, 7) is 9.52. The molecule has 0 spiro atoms. The molecule has 0 radical (unpaired) electrons. The third kappa shape index (κ3) is 6.09. The summed E-state index contributed by atoms with van der Waals surface area (Å²) in [6, 6.07) is 6.41. The maximum atomic E-state index is 13.3. The number of methoxy groups -OCH3 is 2. The molecule has 7 nitrogen and oxygen atoms in total. The van der Waals surface area contributed by atoms with Gasteiger partial charge in [0.2, 0.25) is 0 Å². The van der Waals surface area contributed by atoms with E-state index >= 15 is 0 Å². The molecule has 1 saturated heterocycles. The summed E-state index contributed by atoms with van der Waals surface area (Å²) < 4.78 is 15.5. The molecule has 0 aromatic heterocycles. The second kappa shape index (κ2) is 9.98. The normalized spacial score (nSPS) is 21.4. The van der Waals surface area contributed by atoms with Crippen molar-refractivity contribution in [1.82, 2.24) is 4.90 Å². The van der Waals surface area contributed by atoms with Gasteiger partial charge < -0.3 is 14.2 Å². The average molecular weight is 432 g/mol. The van der Waals surface area contributed by atoms with Crippen LogP contribution in [0, 0.1) is 11.8 Å². The van der Waals surface area contributed by atoms with E-state index in [0.29, 0.717) is 12.2 Å². The Morgan fingerprint density at radius 3 is 2.16 bits per heavy atom. The molecule has 31 heavy (non-hydrogen) atoms. The monoisotopic (exact) mass is 431 g/mol. The number of esters is 1. The van der Waals surface area contributed by atoms with Crippen LogP contribution in [0.1, 0.15) is 52.6 Å². The van der Waals surface area contributed by atoms with Crippen molar-refractivity contribution in [2.45, 2.75) is 58.7 Å². The fourth-order valence-electron chi connectivity index (χ4n) is 3.88. The van der Waals surface area contributed by atoms with Crippen LogP contribution >= 0.6 is 0 Å². The van der Waals surface area contributed by atoms with Crippen molar-refractivity contribution in [3.8, 4) is 5.75 Å². The number of ether oxygens (including phenoxy) is 3. The van der Waals surface area contributed by atoms with Crippen molar-refractivity contribution < 1.29 is 28.6 Å². The molecule has 0 bridgehead atoms. The number of likely N-dealkylation sites (tertiary alicyclic amines) is 1. The zero-order chi connectivity index (χ0) is 23.3. The first kappa shape index (κ1) is 24.4. The van der Waals surface area contributed by atoms with Crippen molar-refractivity contribution in [2.75, 3.05) is 14.2 Å². The Morgan fingerprint density at radius 1 is 1.06 bits per heavy atom. The number of nitrogens with zero attached hydrogens (tertiary/aromatic N) is 1. The standard InChI is InChI=1S/C24H33NO6/c1-15(2)18-14-19(20(26)12-13-21(27)30-7)25(23(28)31-24(3,4)5)22(18)16-8-10-17(29-6)11-9-16/h8-13,15,18-19,22H,14H2,1-7H3/b13-12+/t18-,19-,22+/m0/s1. The maximum Gasteiger partial charge on any atom is 0.411 e. The summed E-state index contributed by atoms with van der Waals surface area (Å²) in [4.78, 5) is 39.3. The van der Waals surface area contributed by atoms with Gasteiger partial charge in [-0.05, 0) is 62.8 Å². The Balaban J connectivity index is 2.50. The van der Waals surface area contributed by atoms with Gasteiger partial charge in [0, 0.05) is 6.08 Å². The third-order valence-corrected chi connectivity index (χ3v) is 5.37. The number of rotatable bonds is 6. The van der Waals surface area contributed by atoms with Crippen LogP contribution in [0.3, 0.4) is 0 Å². The summed E-state index contributed by atoms with van der Waals surface area (Å²) in [5, 5.41) is 0. The van der Waals surface area contributed by atoms with E-state index in [2.05, 4.69) is 18.6 Å². The molecule has 1 fully saturated rings. The lowest BCUT2D eigenvalue weighted by Gasteiger charge is -2.34. The van der Waals surface area contributed by atoms with Crippen molar-refractivity contribution >= 4 is 17.8 Å². The zero-order valence-electron chi connectivity index (χ0n) is 19.4. The van der Waals surface area contributed by atoms with Crippen LogP contribution in [0.5, 0.6) is 5.75 Å². The second-order valence-corrected chi connectivity index (χ2v) is 9.02. The van der Waals surface area contributed by atoms with E-state index in [-0.39, 0.29) is 23.7 Å². The van der Waals surface area contributed by atoms with Crippen LogP contribution in [-0.2, 0) is 19.1 Å². The first-order valence-electron chi connectivity index (χ1n) is 10.4. The van der Waals surface area contributed by atoms with Crippen LogP contribution in [0.4, 0.5) is 4.79 Å². The Kier molecular flexibility index (Phi) is 7.87. The van der Waals surface area contributed by atoms with Crippen LogP contribution in [-0.4, -0.2) is 48.6 Å². The summed E-state index contributed by atoms with van der Waals surface area (Å²) in [5.74, 6) is -0.0127. The van der Waals surface area contributed by atoms with Gasteiger partial charge in [-0.2, -0.15) is 0 Å². The molecule has 0 aliphatic carbocycles. The number of benzene rings is 1. The summed E-state index contributed by atoms with van der Waals surface area (Å²) >= 11 is 0. The van der Waals surface area contributed by atoms with Gasteiger partial charge in [0.05, 0.1) is 26.3 Å². The highest BCUT2D eigenvalue weighted by atomic mass is 16.6. The third-order valence-electron chi connectivity index (χ3n) is 5.37. The van der Waals surface area contributed by atoms with Gasteiger partial charge in [-0.15, -0.1) is 0 Å². The molecule has 1 aliphatic rings. The first-order chi connectivity index (χ1) is 14.5. The fraction of sp³-hybridized carbons (Fsp3) is 0.542. The Labute approximate surface area is 184 Å². The molecule has 1 aliphatic heterocycles. The molecule has 3 atom stereocenters. The minimum Gasteiger partial charge on any atom is -0.497 e. The molecule has 1 amide bonds. The number of hydrogen-bond donors (Lipinski definition) is 0. The SMILES string of the molecule is COC(=O)/C=C/C(=O)[C@@H]1C[C@@H](C(C)C)[C@@H](c2ccc(OC)cc2)N1C(=O)OC(C)(C)C. The molecule has 0 N–H and O–H groups in total. The number of hydrogen-bond acceptors (Lipinski definition) is 6. The predicted octanol–water partition coefficient (Wildman–Crippen LogP) is 4.32. The van der Waals surface area contributed by atoms with Gasteiger partial charge in [-0.1, -0.05) is 26.0 Å². The first-order valence-corrected chi connectivity index (χ1v) is 10.4. The Morgan fingerprint density at radius 2 is 1.68 bits per heavy atom. The highest BCUT2D eigenvalue weighted by molar-refractivity contribution is 6.00. The van der Waals surface area contributed by atoms with E-state index in [0.717, 1.165) is 11.6 Å². The van der Waals surface area contributed by atoms with E-state index in [1.54, 1.807) is 27.9 Å². The minimum absolute atomic E-state index is 0.0291. The van der Waals surface area contributed by atoms with E-state index in [1.807, 2.05) is 24.3 Å². The summed E-state index contributed by atoms with van der Waals surface area (Å²) in [6.07, 6.45) is 2.18. The molecule has 0 saturated carbocycles. The van der Waals surface area contributed by atoms with Gasteiger partial charge in [0.1, 0.15) is 11.4 Å². The smallest absolute Gasteiger partial charge is 0.411 e. The maximum absolute atomic E-state index is 13.3. The molecular formula is C24H33NO6. The van der Waals surface area contributed by atoms with Crippen molar-refractivity contribution in [1.29, 1.82) is 0 Å². The lowest BCUT2D eigenvalue weighted by atomic mass is 9.84. The Hall–Kier alpha value is -2.83. The van der Waals surface area contributed by atoms with Gasteiger partial charge in [0.25, 0.3) is 0 Å². The van der Waals surface area contributed by atoms with Crippen LogP contribution in [0.15, 0.2) is 36.4 Å². The van der Waals surface area contributed by atoms with E-state index in [4.69, 9.17) is 9.47 Å².